The highest BCUT2D eigenvalue weighted by Crippen LogP contribution is 2.12. The molecule has 0 bridgehead atoms. The zero-order chi connectivity index (χ0) is 9.03. The molecule has 1 aliphatic heterocycles. The second-order valence-corrected chi connectivity index (χ2v) is 5.81. The summed E-state index contributed by atoms with van der Waals surface area (Å²) in [7, 11) is -2.76. The Hall–Kier alpha value is -0.0900. The molecule has 0 saturated carbocycles. The zero-order valence-corrected chi connectivity index (χ0v) is 8.36. The maximum absolute atomic E-state index is 11.2. The summed E-state index contributed by atoms with van der Waals surface area (Å²) in [6.07, 6.45) is 2.18. The average molecular weight is 191 g/mol. The van der Waals surface area contributed by atoms with Crippen LogP contribution in [-0.2, 0) is 9.84 Å². The molecular weight excluding hydrogens is 174 g/mol. The van der Waals surface area contributed by atoms with E-state index in [1.807, 2.05) is 0 Å². The highest BCUT2D eigenvalue weighted by molar-refractivity contribution is 7.91. The minimum absolute atomic E-state index is 0.281. The first-order valence-corrected chi connectivity index (χ1v) is 6.37. The fourth-order valence-electron chi connectivity index (χ4n) is 1.54. The van der Waals surface area contributed by atoms with Gasteiger partial charge in [-0.05, 0) is 31.8 Å². The molecule has 12 heavy (non-hydrogen) atoms. The van der Waals surface area contributed by atoms with E-state index in [-0.39, 0.29) is 5.75 Å². The molecule has 1 heterocycles. The first-order chi connectivity index (χ1) is 5.64. The van der Waals surface area contributed by atoms with Gasteiger partial charge < -0.3 is 5.32 Å². The van der Waals surface area contributed by atoms with Crippen LogP contribution in [0, 0.1) is 5.92 Å². The molecule has 0 aromatic heterocycles. The molecule has 1 fully saturated rings. The van der Waals surface area contributed by atoms with E-state index in [0.29, 0.717) is 11.7 Å². The van der Waals surface area contributed by atoms with E-state index in [1.165, 1.54) is 0 Å². The molecule has 0 aromatic carbocycles. The van der Waals surface area contributed by atoms with Crippen molar-refractivity contribution < 1.29 is 8.42 Å². The molecule has 72 valence electrons. The molecule has 0 spiro atoms. The Morgan fingerprint density at radius 2 is 2.25 bits per heavy atom. The molecule has 3 nitrogen and oxygen atoms in total. The van der Waals surface area contributed by atoms with Gasteiger partial charge in [0.2, 0.25) is 0 Å². The van der Waals surface area contributed by atoms with Crippen LogP contribution >= 0.6 is 0 Å². The highest BCUT2D eigenvalue weighted by atomic mass is 32.2. The summed E-state index contributed by atoms with van der Waals surface area (Å²) in [5.74, 6) is 1.00. The van der Waals surface area contributed by atoms with Gasteiger partial charge in [-0.3, -0.25) is 0 Å². The minimum Gasteiger partial charge on any atom is -0.316 e. The van der Waals surface area contributed by atoms with Gasteiger partial charge in [0.15, 0.2) is 0 Å². The third-order valence-corrected chi connectivity index (χ3v) is 4.19. The smallest absolute Gasteiger partial charge is 0.150 e. The monoisotopic (exact) mass is 191 g/mol. The molecule has 1 unspecified atom stereocenters. The molecular formula is C8H17NO2S. The van der Waals surface area contributed by atoms with Crippen LogP contribution in [0.3, 0.4) is 0 Å². The molecule has 1 aliphatic rings. The van der Waals surface area contributed by atoms with Crippen LogP contribution in [0.15, 0.2) is 0 Å². The summed E-state index contributed by atoms with van der Waals surface area (Å²) < 4.78 is 22.5. The van der Waals surface area contributed by atoms with Crippen molar-refractivity contribution in [3.05, 3.63) is 0 Å². The van der Waals surface area contributed by atoms with Crippen molar-refractivity contribution in [1.29, 1.82) is 0 Å². The normalized spacial score (nSPS) is 25.6. The van der Waals surface area contributed by atoms with E-state index < -0.39 is 9.84 Å². The van der Waals surface area contributed by atoms with Crippen LogP contribution in [0.4, 0.5) is 0 Å². The van der Waals surface area contributed by atoms with Crippen molar-refractivity contribution in [2.24, 2.45) is 5.92 Å². The highest BCUT2D eigenvalue weighted by Gasteiger charge is 2.19. The summed E-state index contributed by atoms with van der Waals surface area (Å²) in [4.78, 5) is 0. The van der Waals surface area contributed by atoms with Crippen LogP contribution in [0.25, 0.3) is 0 Å². The molecule has 4 heteroatoms. The lowest BCUT2D eigenvalue weighted by molar-refractivity contribution is 0.404. The van der Waals surface area contributed by atoms with Crippen molar-refractivity contribution >= 4 is 9.84 Å². The number of nitrogens with one attached hydrogen (secondary N) is 1. The van der Waals surface area contributed by atoms with Crippen LogP contribution in [0.5, 0.6) is 0 Å². The van der Waals surface area contributed by atoms with E-state index in [1.54, 1.807) is 6.92 Å². The second kappa shape index (κ2) is 4.23. The molecule has 1 rings (SSSR count). The number of hydrogen-bond acceptors (Lipinski definition) is 3. The fourth-order valence-corrected chi connectivity index (χ4v) is 2.78. The van der Waals surface area contributed by atoms with E-state index in [0.717, 1.165) is 25.9 Å². The molecule has 1 atom stereocenters. The summed E-state index contributed by atoms with van der Waals surface area (Å²) in [5, 5.41) is 3.22. The van der Waals surface area contributed by atoms with Gasteiger partial charge in [-0.25, -0.2) is 8.42 Å². The van der Waals surface area contributed by atoms with Crippen LogP contribution in [-0.4, -0.2) is 33.0 Å². The average Bonchev–Trinajstić information content (AvgIpc) is 2.06. The predicted octanol–water partition coefficient (Wildman–Crippen LogP) is 0.421. The van der Waals surface area contributed by atoms with Crippen LogP contribution in [0.2, 0.25) is 0 Å². The first-order valence-electron chi connectivity index (χ1n) is 4.55. The number of sulfone groups is 1. The quantitative estimate of drug-likeness (QED) is 0.703. The lowest BCUT2D eigenvalue weighted by atomic mass is 10.0. The summed E-state index contributed by atoms with van der Waals surface area (Å²) in [5.41, 5.74) is 0. The van der Waals surface area contributed by atoms with Gasteiger partial charge in [-0.2, -0.15) is 0 Å². The van der Waals surface area contributed by atoms with Crippen LogP contribution in [0.1, 0.15) is 19.8 Å². The van der Waals surface area contributed by atoms with Gasteiger partial charge in [0, 0.05) is 5.75 Å². The third-order valence-electron chi connectivity index (χ3n) is 2.33. The first kappa shape index (κ1) is 9.99. The molecule has 0 aliphatic carbocycles. The summed E-state index contributed by atoms with van der Waals surface area (Å²) in [6.45, 7) is 3.63. The van der Waals surface area contributed by atoms with E-state index >= 15 is 0 Å². The minimum atomic E-state index is -2.76. The summed E-state index contributed by atoms with van der Waals surface area (Å²) >= 11 is 0. The van der Waals surface area contributed by atoms with E-state index in [4.69, 9.17) is 0 Å². The van der Waals surface area contributed by atoms with Gasteiger partial charge in [0.1, 0.15) is 9.84 Å². The molecule has 0 radical (unpaired) electrons. The standard InChI is InChI=1S/C8H17NO2S/c1-2-12(10,11)7-8-4-3-5-9-6-8/h8-9H,2-7H2,1H3. The lowest BCUT2D eigenvalue weighted by Gasteiger charge is -2.21. The number of piperidine rings is 1. The Kier molecular flexibility index (Phi) is 3.53. The van der Waals surface area contributed by atoms with Crippen molar-refractivity contribution in [2.75, 3.05) is 24.6 Å². The molecule has 1 N–H and O–H groups in total. The van der Waals surface area contributed by atoms with Gasteiger partial charge in [-0.1, -0.05) is 6.92 Å². The van der Waals surface area contributed by atoms with Gasteiger partial charge >= 0.3 is 0 Å². The molecule has 1 saturated heterocycles. The second-order valence-electron chi connectivity index (χ2n) is 3.41. The number of rotatable bonds is 3. The largest absolute Gasteiger partial charge is 0.316 e. The SMILES string of the molecule is CCS(=O)(=O)CC1CCCNC1. The van der Waals surface area contributed by atoms with Gasteiger partial charge in [0.05, 0.1) is 5.75 Å². The van der Waals surface area contributed by atoms with Crippen molar-refractivity contribution in [2.45, 2.75) is 19.8 Å². The van der Waals surface area contributed by atoms with Crippen molar-refractivity contribution in [3.8, 4) is 0 Å². The topological polar surface area (TPSA) is 46.2 Å². The Morgan fingerprint density at radius 1 is 1.50 bits per heavy atom. The molecule has 0 amide bonds. The maximum atomic E-state index is 11.2. The van der Waals surface area contributed by atoms with E-state index in [9.17, 15) is 8.42 Å². The Bertz CT molecular complexity index is 217. The molecule has 0 aromatic rings. The lowest BCUT2D eigenvalue weighted by Crippen LogP contribution is -2.34. The third kappa shape index (κ3) is 3.11. The Morgan fingerprint density at radius 3 is 2.75 bits per heavy atom. The van der Waals surface area contributed by atoms with Crippen molar-refractivity contribution in [3.63, 3.8) is 0 Å². The van der Waals surface area contributed by atoms with Gasteiger partial charge in [0.25, 0.3) is 0 Å². The van der Waals surface area contributed by atoms with Gasteiger partial charge in [-0.15, -0.1) is 0 Å². The van der Waals surface area contributed by atoms with Crippen LogP contribution < -0.4 is 5.32 Å². The summed E-state index contributed by atoms with van der Waals surface area (Å²) in [6, 6.07) is 0. The van der Waals surface area contributed by atoms with E-state index in [2.05, 4.69) is 5.32 Å². The zero-order valence-electron chi connectivity index (χ0n) is 7.54. The Balaban J connectivity index is 2.39. The Labute approximate surface area is 74.5 Å². The van der Waals surface area contributed by atoms with Crippen molar-refractivity contribution in [1.82, 2.24) is 5.32 Å². The predicted molar refractivity (Wildman–Crippen MR) is 49.9 cm³/mol. The maximum Gasteiger partial charge on any atom is 0.150 e. The fraction of sp³-hybridized carbons (Fsp3) is 1.00. The number of hydrogen-bond donors (Lipinski definition) is 1.